The molecule has 0 aromatic rings. The van der Waals surface area contributed by atoms with Crippen LogP contribution >= 0.6 is 0 Å². The third kappa shape index (κ3) is 5.16. The summed E-state index contributed by atoms with van der Waals surface area (Å²) in [5.41, 5.74) is 1.39. The number of ether oxygens (including phenoxy) is 1. The molecule has 0 amide bonds. The molecule has 0 bridgehead atoms. The number of carbonyl (C=O) groups excluding carboxylic acids is 1. The average molecular weight is 219 g/mol. The van der Waals surface area contributed by atoms with Gasteiger partial charge in [0.1, 0.15) is 0 Å². The second-order valence-corrected chi connectivity index (χ2v) is 3.05. The van der Waals surface area contributed by atoms with Crippen LogP contribution in [-0.4, -0.2) is 12.6 Å². The van der Waals surface area contributed by atoms with E-state index in [9.17, 15) is 4.79 Å². The molecule has 0 aromatic heterocycles. The van der Waals surface area contributed by atoms with Crippen molar-refractivity contribution in [3.8, 4) is 6.07 Å². The van der Waals surface area contributed by atoms with Crippen LogP contribution in [0.2, 0.25) is 0 Å². The van der Waals surface area contributed by atoms with Crippen LogP contribution in [0, 0.1) is 11.3 Å². The Hall–Kier alpha value is -1.82. The smallest absolute Gasteiger partial charge is 0.306 e. The van der Waals surface area contributed by atoms with Crippen molar-refractivity contribution < 1.29 is 9.53 Å². The molecular weight excluding hydrogens is 202 g/mol. The summed E-state index contributed by atoms with van der Waals surface area (Å²) in [6.45, 7) is 7.54. The molecule has 0 unspecified atom stereocenters. The number of nitrogens with zero attached hydrogens (tertiary/aromatic N) is 1. The molecule has 0 N–H and O–H groups in total. The largest absolute Gasteiger partial charge is 0.466 e. The molecular formula is C13H17NO2. The predicted octanol–water partition coefficient (Wildman–Crippen LogP) is 2.91. The molecule has 0 atom stereocenters. The minimum Gasteiger partial charge on any atom is -0.466 e. The van der Waals surface area contributed by atoms with Gasteiger partial charge in [0.15, 0.2) is 0 Å². The average Bonchev–Trinajstić information content (AvgIpc) is 2.28. The van der Waals surface area contributed by atoms with Gasteiger partial charge in [0.05, 0.1) is 18.2 Å². The molecule has 0 aromatic carbocycles. The SMILES string of the molecule is C=C/C=C(C#N)\C(=C/C)CCC(=O)OCC. The normalized spacial score (nSPS) is 11.8. The molecule has 0 aliphatic rings. The third-order valence-electron chi connectivity index (χ3n) is 2.00. The molecule has 0 aliphatic heterocycles. The Kier molecular flexibility index (Phi) is 7.52. The Bertz CT molecular complexity index is 345. The Morgan fingerprint density at radius 3 is 2.62 bits per heavy atom. The van der Waals surface area contributed by atoms with Crippen molar-refractivity contribution in [2.45, 2.75) is 26.7 Å². The van der Waals surface area contributed by atoms with E-state index in [1.165, 1.54) is 0 Å². The van der Waals surface area contributed by atoms with Gasteiger partial charge >= 0.3 is 5.97 Å². The first-order valence-corrected chi connectivity index (χ1v) is 5.23. The van der Waals surface area contributed by atoms with Gasteiger partial charge in [-0.25, -0.2) is 0 Å². The molecule has 0 spiro atoms. The quantitative estimate of drug-likeness (QED) is 0.392. The lowest BCUT2D eigenvalue weighted by Crippen LogP contribution is -2.04. The van der Waals surface area contributed by atoms with E-state index in [2.05, 4.69) is 12.6 Å². The van der Waals surface area contributed by atoms with Crippen molar-refractivity contribution >= 4 is 5.97 Å². The van der Waals surface area contributed by atoms with E-state index < -0.39 is 0 Å². The minimum absolute atomic E-state index is 0.238. The second kappa shape index (κ2) is 8.49. The number of allylic oxidation sites excluding steroid dienone is 5. The maximum Gasteiger partial charge on any atom is 0.306 e. The summed E-state index contributed by atoms with van der Waals surface area (Å²) in [6.07, 6.45) is 5.84. The maximum atomic E-state index is 11.2. The Labute approximate surface area is 96.7 Å². The molecule has 0 fully saturated rings. The number of rotatable bonds is 6. The number of hydrogen-bond donors (Lipinski definition) is 0. The molecule has 16 heavy (non-hydrogen) atoms. The van der Waals surface area contributed by atoms with Gasteiger partial charge in [-0.15, -0.1) is 0 Å². The first-order chi connectivity index (χ1) is 7.69. The molecule has 3 heteroatoms. The van der Waals surface area contributed by atoms with E-state index in [1.54, 1.807) is 19.1 Å². The lowest BCUT2D eigenvalue weighted by Gasteiger charge is -2.05. The first-order valence-electron chi connectivity index (χ1n) is 5.23. The Morgan fingerprint density at radius 1 is 1.50 bits per heavy atom. The lowest BCUT2D eigenvalue weighted by molar-refractivity contribution is -0.143. The van der Waals surface area contributed by atoms with Gasteiger partial charge in [0.2, 0.25) is 0 Å². The van der Waals surface area contributed by atoms with Gasteiger partial charge in [0, 0.05) is 6.42 Å². The van der Waals surface area contributed by atoms with Crippen LogP contribution in [-0.2, 0) is 9.53 Å². The van der Waals surface area contributed by atoms with Crippen molar-refractivity contribution in [1.29, 1.82) is 5.26 Å². The highest BCUT2D eigenvalue weighted by molar-refractivity contribution is 5.70. The topological polar surface area (TPSA) is 50.1 Å². The molecule has 0 radical (unpaired) electrons. The summed E-state index contributed by atoms with van der Waals surface area (Å²) in [5, 5.41) is 8.90. The van der Waals surface area contributed by atoms with Gasteiger partial charge < -0.3 is 4.74 Å². The highest BCUT2D eigenvalue weighted by Crippen LogP contribution is 2.16. The van der Waals surface area contributed by atoms with Gasteiger partial charge in [-0.05, 0) is 31.9 Å². The summed E-state index contributed by atoms with van der Waals surface area (Å²) in [4.78, 5) is 11.2. The van der Waals surface area contributed by atoms with Crippen LogP contribution in [0.15, 0.2) is 36.0 Å². The van der Waals surface area contributed by atoms with E-state index in [0.717, 1.165) is 5.57 Å². The van der Waals surface area contributed by atoms with Crippen molar-refractivity contribution in [2.75, 3.05) is 6.61 Å². The first kappa shape index (κ1) is 14.2. The summed E-state index contributed by atoms with van der Waals surface area (Å²) < 4.78 is 4.82. The fraction of sp³-hybridized carbons (Fsp3) is 0.385. The van der Waals surface area contributed by atoms with Crippen LogP contribution < -0.4 is 0 Å². The molecule has 0 aliphatic carbocycles. The molecule has 0 saturated heterocycles. The van der Waals surface area contributed by atoms with Gasteiger partial charge in [0.25, 0.3) is 0 Å². The van der Waals surface area contributed by atoms with E-state index in [4.69, 9.17) is 10.00 Å². The highest BCUT2D eigenvalue weighted by atomic mass is 16.5. The van der Waals surface area contributed by atoms with Crippen LogP contribution in [0.4, 0.5) is 0 Å². The number of esters is 1. The van der Waals surface area contributed by atoms with Crippen molar-refractivity contribution in [1.82, 2.24) is 0 Å². The van der Waals surface area contributed by atoms with Crippen molar-refractivity contribution in [3.63, 3.8) is 0 Å². The van der Waals surface area contributed by atoms with Crippen molar-refractivity contribution in [3.05, 3.63) is 36.0 Å². The van der Waals surface area contributed by atoms with Crippen LogP contribution in [0.5, 0.6) is 0 Å². The fourth-order valence-electron chi connectivity index (χ4n) is 1.24. The standard InChI is InChI=1S/C13H17NO2/c1-4-7-12(10-14)11(5-2)8-9-13(15)16-6-3/h4-5,7H,1,6,8-9H2,2-3H3/b11-5-,12-7-. The fourth-order valence-corrected chi connectivity index (χ4v) is 1.24. The second-order valence-electron chi connectivity index (χ2n) is 3.05. The van der Waals surface area contributed by atoms with Gasteiger partial charge in [-0.3, -0.25) is 4.79 Å². The summed E-state index contributed by atoms with van der Waals surface area (Å²) in [7, 11) is 0. The number of hydrogen-bond acceptors (Lipinski definition) is 3. The van der Waals surface area contributed by atoms with Crippen LogP contribution in [0.3, 0.4) is 0 Å². The highest BCUT2D eigenvalue weighted by Gasteiger charge is 2.07. The predicted molar refractivity (Wildman–Crippen MR) is 63.5 cm³/mol. The minimum atomic E-state index is -0.238. The molecule has 0 heterocycles. The molecule has 86 valence electrons. The summed E-state index contributed by atoms with van der Waals surface area (Å²) in [5.74, 6) is -0.238. The lowest BCUT2D eigenvalue weighted by atomic mass is 10.0. The van der Waals surface area contributed by atoms with Crippen molar-refractivity contribution in [2.24, 2.45) is 0 Å². The third-order valence-corrected chi connectivity index (χ3v) is 2.00. The van der Waals surface area contributed by atoms with E-state index >= 15 is 0 Å². The van der Waals surface area contributed by atoms with E-state index in [-0.39, 0.29) is 5.97 Å². The zero-order valence-electron chi connectivity index (χ0n) is 9.82. The zero-order valence-corrected chi connectivity index (χ0v) is 9.82. The molecule has 0 rings (SSSR count). The molecule has 3 nitrogen and oxygen atoms in total. The number of carbonyl (C=O) groups is 1. The van der Waals surface area contributed by atoms with Gasteiger partial charge in [-0.1, -0.05) is 18.7 Å². The zero-order chi connectivity index (χ0) is 12.4. The van der Waals surface area contributed by atoms with Crippen LogP contribution in [0.1, 0.15) is 26.7 Å². The maximum absolute atomic E-state index is 11.2. The molecule has 0 saturated carbocycles. The van der Waals surface area contributed by atoms with E-state index in [0.29, 0.717) is 25.0 Å². The Morgan fingerprint density at radius 2 is 2.19 bits per heavy atom. The van der Waals surface area contributed by atoms with E-state index in [1.807, 2.05) is 13.0 Å². The summed E-state index contributed by atoms with van der Waals surface area (Å²) in [6, 6.07) is 2.08. The van der Waals surface area contributed by atoms with Crippen LogP contribution in [0.25, 0.3) is 0 Å². The monoisotopic (exact) mass is 219 g/mol. The number of nitriles is 1. The van der Waals surface area contributed by atoms with Gasteiger partial charge in [-0.2, -0.15) is 5.26 Å². The summed E-state index contributed by atoms with van der Waals surface area (Å²) >= 11 is 0. The Balaban J connectivity index is 4.44.